The summed E-state index contributed by atoms with van der Waals surface area (Å²) in [7, 11) is 0. The number of Topliss-reactive ketones (excluding diaryl/α,β-unsaturated/α-hetero) is 1. The Labute approximate surface area is 127 Å². The molecule has 0 spiro atoms. The number of benzene rings is 1. The molecule has 4 nitrogen and oxygen atoms in total. The molecule has 1 aromatic rings. The number of carbonyl (C=O) groups is 1. The van der Waals surface area contributed by atoms with Crippen LogP contribution in [0.2, 0.25) is 0 Å². The number of piperazine rings is 1. The third-order valence-electron chi connectivity index (χ3n) is 3.85. The lowest BCUT2D eigenvalue weighted by Gasteiger charge is -2.38. The molecule has 1 aliphatic heterocycles. The summed E-state index contributed by atoms with van der Waals surface area (Å²) in [6, 6.07) is 7.88. The fourth-order valence-corrected chi connectivity index (χ4v) is 2.87. The standard InChI is InChI=1S/C17H26N2O2/c1-4-16(20)14-7-5-6-8-15(14)19-11-9-18(10-12-19)13-17(2,3)21/h5-8,21H,4,9-13H2,1-3H3. The van der Waals surface area contributed by atoms with E-state index in [1.165, 1.54) is 0 Å². The second-order valence-electron chi connectivity index (χ2n) is 6.37. The molecule has 4 heteroatoms. The highest BCUT2D eigenvalue weighted by Gasteiger charge is 2.24. The minimum absolute atomic E-state index is 0.199. The number of nitrogens with zero attached hydrogens (tertiary/aromatic N) is 2. The van der Waals surface area contributed by atoms with Crippen molar-refractivity contribution in [1.29, 1.82) is 0 Å². The van der Waals surface area contributed by atoms with Crippen molar-refractivity contribution in [3.63, 3.8) is 0 Å². The number of hydrogen-bond donors (Lipinski definition) is 1. The van der Waals surface area contributed by atoms with Crippen LogP contribution in [-0.4, -0.2) is 54.1 Å². The van der Waals surface area contributed by atoms with Gasteiger partial charge in [-0.05, 0) is 26.0 Å². The number of hydrogen-bond acceptors (Lipinski definition) is 4. The van der Waals surface area contributed by atoms with E-state index in [0.29, 0.717) is 13.0 Å². The molecule has 0 aromatic heterocycles. The number of rotatable bonds is 5. The molecule has 0 atom stereocenters. The number of anilines is 1. The molecule has 0 radical (unpaired) electrons. The van der Waals surface area contributed by atoms with Crippen molar-refractivity contribution in [2.75, 3.05) is 37.6 Å². The lowest BCUT2D eigenvalue weighted by atomic mass is 10.0. The predicted molar refractivity (Wildman–Crippen MR) is 86.0 cm³/mol. The molecule has 1 N–H and O–H groups in total. The summed E-state index contributed by atoms with van der Waals surface area (Å²) in [5.74, 6) is 0.199. The van der Waals surface area contributed by atoms with Gasteiger partial charge in [0.2, 0.25) is 0 Å². The molecule has 1 fully saturated rings. The van der Waals surface area contributed by atoms with Gasteiger partial charge in [-0.25, -0.2) is 0 Å². The fourth-order valence-electron chi connectivity index (χ4n) is 2.87. The molecular formula is C17H26N2O2. The van der Waals surface area contributed by atoms with Gasteiger partial charge < -0.3 is 10.0 Å². The van der Waals surface area contributed by atoms with Crippen molar-refractivity contribution in [3.8, 4) is 0 Å². The van der Waals surface area contributed by atoms with Crippen molar-refractivity contribution in [2.45, 2.75) is 32.8 Å². The number of para-hydroxylation sites is 1. The minimum atomic E-state index is -0.655. The first-order valence-corrected chi connectivity index (χ1v) is 7.72. The number of ketones is 1. The Bertz CT molecular complexity index is 486. The van der Waals surface area contributed by atoms with Crippen LogP contribution in [0.3, 0.4) is 0 Å². The zero-order chi connectivity index (χ0) is 15.5. The van der Waals surface area contributed by atoms with Crippen LogP contribution in [0, 0.1) is 0 Å². The van der Waals surface area contributed by atoms with Crippen molar-refractivity contribution in [3.05, 3.63) is 29.8 Å². The predicted octanol–water partition coefficient (Wildman–Crippen LogP) is 2.17. The number of carbonyl (C=O) groups excluding carboxylic acids is 1. The maximum absolute atomic E-state index is 12.1. The van der Waals surface area contributed by atoms with Gasteiger partial charge in [0.1, 0.15) is 0 Å². The molecule has 1 heterocycles. The van der Waals surface area contributed by atoms with Gasteiger partial charge in [-0.1, -0.05) is 19.1 Å². The topological polar surface area (TPSA) is 43.8 Å². The Hall–Kier alpha value is -1.39. The molecule has 1 aliphatic rings. The zero-order valence-corrected chi connectivity index (χ0v) is 13.3. The summed E-state index contributed by atoms with van der Waals surface area (Å²) < 4.78 is 0. The molecule has 0 aliphatic carbocycles. The van der Waals surface area contributed by atoms with Gasteiger partial charge in [-0.15, -0.1) is 0 Å². The van der Waals surface area contributed by atoms with Crippen LogP contribution in [-0.2, 0) is 0 Å². The normalized spacial score (nSPS) is 17.0. The summed E-state index contributed by atoms with van der Waals surface area (Å²) >= 11 is 0. The van der Waals surface area contributed by atoms with Gasteiger partial charge in [0.05, 0.1) is 5.60 Å². The van der Waals surface area contributed by atoms with Crippen molar-refractivity contribution >= 4 is 11.5 Å². The molecule has 2 rings (SSSR count). The van der Waals surface area contributed by atoms with E-state index < -0.39 is 5.60 Å². The Kier molecular flexibility index (Phi) is 5.01. The highest BCUT2D eigenvalue weighted by atomic mass is 16.3. The van der Waals surface area contributed by atoms with E-state index in [1.807, 2.05) is 45.0 Å². The summed E-state index contributed by atoms with van der Waals surface area (Å²) in [5, 5.41) is 9.90. The highest BCUT2D eigenvalue weighted by molar-refractivity contribution is 6.01. The Balaban J connectivity index is 2.04. The molecule has 0 bridgehead atoms. The summed E-state index contributed by atoms with van der Waals surface area (Å²) in [6.45, 7) is 9.89. The van der Waals surface area contributed by atoms with E-state index in [0.717, 1.165) is 37.4 Å². The summed E-state index contributed by atoms with van der Waals surface area (Å²) in [5.41, 5.74) is 1.22. The van der Waals surface area contributed by atoms with Gasteiger partial charge in [0, 0.05) is 50.4 Å². The smallest absolute Gasteiger partial charge is 0.164 e. The van der Waals surface area contributed by atoms with Crippen molar-refractivity contribution < 1.29 is 9.90 Å². The van der Waals surface area contributed by atoms with Crippen LogP contribution >= 0.6 is 0 Å². The number of β-amino-alcohol motifs (C(OH)–C–C–N with tert-alkyl or cyclic N) is 1. The highest BCUT2D eigenvalue weighted by Crippen LogP contribution is 2.23. The molecule has 0 amide bonds. The van der Waals surface area contributed by atoms with Crippen LogP contribution in [0.1, 0.15) is 37.6 Å². The van der Waals surface area contributed by atoms with E-state index in [-0.39, 0.29) is 5.78 Å². The largest absolute Gasteiger partial charge is 0.389 e. The van der Waals surface area contributed by atoms with Crippen LogP contribution in [0.15, 0.2) is 24.3 Å². The second kappa shape index (κ2) is 6.58. The minimum Gasteiger partial charge on any atom is -0.389 e. The van der Waals surface area contributed by atoms with E-state index in [9.17, 15) is 9.90 Å². The average Bonchev–Trinajstić information content (AvgIpc) is 2.45. The zero-order valence-electron chi connectivity index (χ0n) is 13.3. The van der Waals surface area contributed by atoms with E-state index in [4.69, 9.17) is 0 Å². The van der Waals surface area contributed by atoms with E-state index in [1.54, 1.807) is 0 Å². The Morgan fingerprint density at radius 2 is 1.81 bits per heavy atom. The molecule has 21 heavy (non-hydrogen) atoms. The Morgan fingerprint density at radius 3 is 2.38 bits per heavy atom. The monoisotopic (exact) mass is 290 g/mol. The Morgan fingerprint density at radius 1 is 1.19 bits per heavy atom. The molecule has 116 valence electrons. The van der Waals surface area contributed by atoms with Crippen molar-refractivity contribution in [2.24, 2.45) is 0 Å². The van der Waals surface area contributed by atoms with Gasteiger partial charge >= 0.3 is 0 Å². The average molecular weight is 290 g/mol. The van der Waals surface area contributed by atoms with Gasteiger partial charge in [-0.2, -0.15) is 0 Å². The first-order valence-electron chi connectivity index (χ1n) is 7.72. The van der Waals surface area contributed by atoms with E-state index >= 15 is 0 Å². The molecule has 0 saturated carbocycles. The molecule has 0 unspecified atom stereocenters. The maximum atomic E-state index is 12.1. The second-order valence-corrected chi connectivity index (χ2v) is 6.37. The molecular weight excluding hydrogens is 264 g/mol. The van der Waals surface area contributed by atoms with Gasteiger partial charge in [0.25, 0.3) is 0 Å². The first kappa shape index (κ1) is 16.0. The fraction of sp³-hybridized carbons (Fsp3) is 0.588. The van der Waals surface area contributed by atoms with Crippen LogP contribution in [0.25, 0.3) is 0 Å². The van der Waals surface area contributed by atoms with Crippen LogP contribution in [0.5, 0.6) is 0 Å². The maximum Gasteiger partial charge on any atom is 0.164 e. The van der Waals surface area contributed by atoms with Crippen LogP contribution < -0.4 is 4.90 Å². The first-order chi connectivity index (χ1) is 9.90. The number of aliphatic hydroxyl groups is 1. The lowest BCUT2D eigenvalue weighted by Crippen LogP contribution is -2.50. The third kappa shape index (κ3) is 4.29. The third-order valence-corrected chi connectivity index (χ3v) is 3.85. The van der Waals surface area contributed by atoms with Crippen molar-refractivity contribution in [1.82, 2.24) is 4.90 Å². The lowest BCUT2D eigenvalue weighted by molar-refractivity contribution is 0.0345. The van der Waals surface area contributed by atoms with Gasteiger partial charge in [0.15, 0.2) is 5.78 Å². The van der Waals surface area contributed by atoms with E-state index in [2.05, 4.69) is 9.80 Å². The summed E-state index contributed by atoms with van der Waals surface area (Å²) in [4.78, 5) is 16.6. The molecule has 1 aromatic carbocycles. The van der Waals surface area contributed by atoms with Crippen LogP contribution in [0.4, 0.5) is 5.69 Å². The quantitative estimate of drug-likeness (QED) is 0.844. The van der Waals surface area contributed by atoms with Gasteiger partial charge in [-0.3, -0.25) is 9.69 Å². The molecule has 1 saturated heterocycles. The SMILES string of the molecule is CCC(=O)c1ccccc1N1CCN(CC(C)(C)O)CC1. The summed E-state index contributed by atoms with van der Waals surface area (Å²) in [6.07, 6.45) is 0.537.